The zero-order valence-electron chi connectivity index (χ0n) is 9.68. The Morgan fingerprint density at radius 2 is 2.24 bits per heavy atom. The molecule has 0 spiro atoms. The zero-order chi connectivity index (χ0) is 11.7. The molecule has 0 bridgehead atoms. The number of rotatable bonds is 4. The lowest BCUT2D eigenvalue weighted by Crippen LogP contribution is -1.86. The van der Waals surface area contributed by atoms with E-state index in [1.165, 1.54) is 12.8 Å². The topological polar surface area (TPSA) is 46.0 Å². The SMILES string of the molecule is CCCCSc1n[nH]c2nc3ccccc3n12. The fraction of sp³-hybridized carbons (Fsp3) is 0.333. The number of benzene rings is 1. The van der Waals surface area contributed by atoms with Gasteiger partial charge in [-0.25, -0.2) is 10.1 Å². The lowest BCUT2D eigenvalue weighted by molar-refractivity contribution is 0.885. The summed E-state index contributed by atoms with van der Waals surface area (Å²) in [5.74, 6) is 1.92. The first-order chi connectivity index (χ1) is 8.40. The molecule has 5 heteroatoms. The minimum absolute atomic E-state index is 0.824. The molecule has 0 aliphatic carbocycles. The van der Waals surface area contributed by atoms with E-state index in [1.54, 1.807) is 11.8 Å². The Bertz CT molecular complexity index is 640. The van der Waals surface area contributed by atoms with Gasteiger partial charge in [0.2, 0.25) is 5.78 Å². The van der Waals surface area contributed by atoms with Crippen LogP contribution in [0.15, 0.2) is 29.4 Å². The van der Waals surface area contributed by atoms with Crippen molar-refractivity contribution in [2.24, 2.45) is 0 Å². The highest BCUT2D eigenvalue weighted by molar-refractivity contribution is 7.99. The Morgan fingerprint density at radius 1 is 1.35 bits per heavy atom. The van der Waals surface area contributed by atoms with Crippen LogP contribution in [0.5, 0.6) is 0 Å². The summed E-state index contributed by atoms with van der Waals surface area (Å²) in [5.41, 5.74) is 2.13. The standard InChI is InChI=1S/C12H14N4S/c1-2-3-8-17-12-15-14-11-13-9-6-4-5-7-10(9)16(11)12/h4-7H,2-3,8H2,1H3,(H,13,14). The van der Waals surface area contributed by atoms with E-state index in [0.29, 0.717) is 0 Å². The summed E-state index contributed by atoms with van der Waals surface area (Å²) in [6.45, 7) is 2.20. The van der Waals surface area contributed by atoms with Gasteiger partial charge in [-0.1, -0.05) is 37.2 Å². The van der Waals surface area contributed by atoms with Crippen LogP contribution in [0.2, 0.25) is 0 Å². The number of fused-ring (bicyclic) bond motifs is 3. The Labute approximate surface area is 103 Å². The smallest absolute Gasteiger partial charge is 0.231 e. The molecule has 1 N–H and O–H groups in total. The molecule has 2 heterocycles. The second-order valence-electron chi connectivity index (χ2n) is 3.97. The molecule has 88 valence electrons. The summed E-state index contributed by atoms with van der Waals surface area (Å²) in [4.78, 5) is 4.50. The molecule has 2 aromatic heterocycles. The maximum atomic E-state index is 4.50. The van der Waals surface area contributed by atoms with Gasteiger partial charge in [0.15, 0.2) is 5.16 Å². The highest BCUT2D eigenvalue weighted by atomic mass is 32.2. The average Bonchev–Trinajstić information content (AvgIpc) is 2.89. The maximum absolute atomic E-state index is 4.50. The van der Waals surface area contributed by atoms with Crippen LogP contribution >= 0.6 is 11.8 Å². The molecule has 0 amide bonds. The number of aromatic amines is 1. The molecule has 0 radical (unpaired) electrons. The van der Waals surface area contributed by atoms with Gasteiger partial charge in [-0.05, 0) is 18.6 Å². The third kappa shape index (κ3) is 1.80. The van der Waals surface area contributed by atoms with Gasteiger partial charge in [-0.2, -0.15) is 0 Å². The summed E-state index contributed by atoms with van der Waals surface area (Å²) in [7, 11) is 0. The second-order valence-corrected chi connectivity index (χ2v) is 5.03. The van der Waals surface area contributed by atoms with Crippen molar-refractivity contribution >= 4 is 28.6 Å². The molecule has 0 saturated carbocycles. The minimum Gasteiger partial charge on any atom is -0.254 e. The van der Waals surface area contributed by atoms with Crippen molar-refractivity contribution < 1.29 is 0 Å². The van der Waals surface area contributed by atoms with Gasteiger partial charge in [0.25, 0.3) is 0 Å². The Morgan fingerprint density at radius 3 is 3.12 bits per heavy atom. The third-order valence-corrected chi connectivity index (χ3v) is 3.76. The van der Waals surface area contributed by atoms with Crippen molar-refractivity contribution in [1.82, 2.24) is 19.6 Å². The number of para-hydroxylation sites is 2. The molecule has 0 aliphatic rings. The van der Waals surface area contributed by atoms with E-state index in [2.05, 4.69) is 32.6 Å². The van der Waals surface area contributed by atoms with Crippen molar-refractivity contribution in [3.05, 3.63) is 24.3 Å². The van der Waals surface area contributed by atoms with Crippen molar-refractivity contribution in [1.29, 1.82) is 0 Å². The molecule has 0 unspecified atom stereocenters. The minimum atomic E-state index is 0.824. The summed E-state index contributed by atoms with van der Waals surface area (Å²) in [6, 6.07) is 8.14. The van der Waals surface area contributed by atoms with Gasteiger partial charge in [-0.15, -0.1) is 5.10 Å². The second kappa shape index (κ2) is 4.41. The predicted molar refractivity (Wildman–Crippen MR) is 70.5 cm³/mol. The van der Waals surface area contributed by atoms with Gasteiger partial charge >= 0.3 is 0 Å². The summed E-state index contributed by atoms with van der Waals surface area (Å²) >= 11 is 1.78. The average molecular weight is 246 g/mol. The van der Waals surface area contributed by atoms with Crippen LogP contribution in [-0.4, -0.2) is 25.3 Å². The molecule has 4 nitrogen and oxygen atoms in total. The van der Waals surface area contributed by atoms with Crippen molar-refractivity contribution in [2.45, 2.75) is 24.9 Å². The fourth-order valence-electron chi connectivity index (χ4n) is 1.85. The lowest BCUT2D eigenvalue weighted by atomic mass is 10.3. The predicted octanol–water partition coefficient (Wildman–Crippen LogP) is 3.10. The van der Waals surface area contributed by atoms with Gasteiger partial charge in [0.05, 0.1) is 11.0 Å². The lowest BCUT2D eigenvalue weighted by Gasteiger charge is -1.97. The summed E-state index contributed by atoms with van der Waals surface area (Å²) < 4.78 is 2.09. The Kier molecular flexibility index (Phi) is 2.76. The fourth-order valence-corrected chi connectivity index (χ4v) is 2.89. The molecule has 0 fully saturated rings. The van der Waals surface area contributed by atoms with Crippen LogP contribution in [0.3, 0.4) is 0 Å². The van der Waals surface area contributed by atoms with E-state index in [9.17, 15) is 0 Å². The molecule has 3 aromatic rings. The Hall–Kier alpha value is -1.49. The zero-order valence-corrected chi connectivity index (χ0v) is 10.5. The molecule has 0 saturated heterocycles. The van der Waals surface area contributed by atoms with Crippen LogP contribution in [0.4, 0.5) is 0 Å². The molecule has 3 rings (SSSR count). The number of H-pyrrole nitrogens is 1. The highest BCUT2D eigenvalue weighted by Gasteiger charge is 2.10. The molecule has 1 aromatic carbocycles. The van der Waals surface area contributed by atoms with Crippen LogP contribution in [0.1, 0.15) is 19.8 Å². The van der Waals surface area contributed by atoms with Crippen LogP contribution in [-0.2, 0) is 0 Å². The number of nitrogens with zero attached hydrogens (tertiary/aromatic N) is 3. The van der Waals surface area contributed by atoms with E-state index < -0.39 is 0 Å². The summed E-state index contributed by atoms with van der Waals surface area (Å²) in [5, 5.41) is 8.30. The van der Waals surface area contributed by atoms with E-state index in [4.69, 9.17) is 0 Å². The van der Waals surface area contributed by atoms with Crippen molar-refractivity contribution in [3.63, 3.8) is 0 Å². The molecule has 17 heavy (non-hydrogen) atoms. The van der Waals surface area contributed by atoms with Gasteiger partial charge in [-0.3, -0.25) is 4.40 Å². The maximum Gasteiger partial charge on any atom is 0.231 e. The first-order valence-corrected chi connectivity index (χ1v) is 6.83. The number of unbranched alkanes of at least 4 members (excludes halogenated alkanes) is 1. The number of hydrogen-bond acceptors (Lipinski definition) is 3. The largest absolute Gasteiger partial charge is 0.254 e. The molecule has 0 atom stereocenters. The number of thioether (sulfide) groups is 1. The highest BCUT2D eigenvalue weighted by Crippen LogP contribution is 2.23. The van der Waals surface area contributed by atoms with Crippen LogP contribution < -0.4 is 0 Å². The van der Waals surface area contributed by atoms with E-state index in [-0.39, 0.29) is 0 Å². The van der Waals surface area contributed by atoms with E-state index in [0.717, 1.165) is 27.7 Å². The quantitative estimate of drug-likeness (QED) is 0.568. The first-order valence-electron chi connectivity index (χ1n) is 5.84. The number of imidazole rings is 1. The normalized spacial score (nSPS) is 11.6. The Balaban J connectivity index is 2.06. The molecular weight excluding hydrogens is 232 g/mol. The molecule has 0 aliphatic heterocycles. The van der Waals surface area contributed by atoms with Gasteiger partial charge in [0, 0.05) is 5.75 Å². The van der Waals surface area contributed by atoms with E-state index >= 15 is 0 Å². The summed E-state index contributed by atoms with van der Waals surface area (Å²) in [6.07, 6.45) is 2.43. The first kappa shape index (κ1) is 10.7. The number of aromatic nitrogens is 4. The van der Waals surface area contributed by atoms with Crippen LogP contribution in [0.25, 0.3) is 16.8 Å². The van der Waals surface area contributed by atoms with E-state index in [1.807, 2.05) is 18.2 Å². The van der Waals surface area contributed by atoms with Crippen LogP contribution in [0, 0.1) is 0 Å². The number of hydrogen-bond donors (Lipinski definition) is 1. The van der Waals surface area contributed by atoms with Gasteiger partial charge < -0.3 is 0 Å². The van der Waals surface area contributed by atoms with Crippen molar-refractivity contribution in [3.8, 4) is 0 Å². The van der Waals surface area contributed by atoms with Gasteiger partial charge in [0.1, 0.15) is 0 Å². The number of nitrogens with one attached hydrogen (secondary N) is 1. The third-order valence-electron chi connectivity index (χ3n) is 2.73. The van der Waals surface area contributed by atoms with Crippen molar-refractivity contribution in [2.75, 3.05) is 5.75 Å². The molecular formula is C12H14N4S. The monoisotopic (exact) mass is 246 g/mol.